The number of carbonyl (C=O) groups is 2. The van der Waals surface area contributed by atoms with Gasteiger partial charge in [0, 0.05) is 13.8 Å². The van der Waals surface area contributed by atoms with Gasteiger partial charge in [-0.15, -0.1) is 0 Å². The van der Waals surface area contributed by atoms with Crippen molar-refractivity contribution in [2.75, 3.05) is 26.4 Å². The van der Waals surface area contributed by atoms with Crippen molar-refractivity contribution in [3.8, 4) is 0 Å². The number of ether oxygens (including phenoxy) is 8. The molecule has 412 valence electrons. The number of aliphatic hydroxyl groups is 11. The van der Waals surface area contributed by atoms with E-state index in [0.717, 1.165) is 18.4 Å². The molecule has 21 nitrogen and oxygen atoms in total. The van der Waals surface area contributed by atoms with Crippen molar-refractivity contribution in [2.45, 2.75) is 218 Å². The average molecular weight is 1030 g/mol. The summed E-state index contributed by atoms with van der Waals surface area (Å²) in [5.41, 5.74) is -2.78. The Balaban J connectivity index is 1.08. The zero-order valence-corrected chi connectivity index (χ0v) is 43.0. The van der Waals surface area contributed by atoms with Crippen molar-refractivity contribution in [3.05, 3.63) is 11.6 Å². The number of hydrogen-bond donors (Lipinski definition) is 11. The first-order chi connectivity index (χ1) is 33.5. The summed E-state index contributed by atoms with van der Waals surface area (Å²) < 4.78 is 47.9. The van der Waals surface area contributed by atoms with Crippen LogP contribution in [0.1, 0.15) is 107 Å². The third-order valence-corrected chi connectivity index (χ3v) is 19.8. The van der Waals surface area contributed by atoms with Gasteiger partial charge in [-0.2, -0.15) is 0 Å². The predicted octanol–water partition coefficient (Wildman–Crippen LogP) is -0.693. The van der Waals surface area contributed by atoms with Crippen LogP contribution in [0.25, 0.3) is 0 Å². The summed E-state index contributed by atoms with van der Waals surface area (Å²) >= 11 is 0. The van der Waals surface area contributed by atoms with Crippen LogP contribution in [0.3, 0.4) is 0 Å². The van der Waals surface area contributed by atoms with Gasteiger partial charge in [-0.1, -0.05) is 60.1 Å². The summed E-state index contributed by atoms with van der Waals surface area (Å²) in [4.78, 5) is 25.2. The molecule has 8 rings (SSSR count). The highest BCUT2D eigenvalue weighted by atomic mass is 16.8. The topological polar surface area (TPSA) is 331 Å². The van der Waals surface area contributed by atoms with Crippen LogP contribution in [0.15, 0.2) is 11.6 Å². The molecule has 3 aliphatic heterocycles. The Morgan fingerprint density at radius 2 is 1.36 bits per heavy atom. The molecule has 21 heteroatoms. The van der Waals surface area contributed by atoms with E-state index in [1.165, 1.54) is 13.8 Å². The number of carbonyl (C=O) groups excluding carboxylic acids is 2. The fourth-order valence-corrected chi connectivity index (χ4v) is 15.5. The lowest BCUT2D eigenvalue weighted by atomic mass is 9.33. The molecular formula is C51H82O21. The van der Waals surface area contributed by atoms with Crippen molar-refractivity contribution in [3.63, 3.8) is 0 Å². The first-order valence-corrected chi connectivity index (χ1v) is 25.8. The molecule has 72 heavy (non-hydrogen) atoms. The molecule has 0 radical (unpaired) electrons. The zero-order valence-electron chi connectivity index (χ0n) is 43.0. The van der Waals surface area contributed by atoms with Gasteiger partial charge >= 0.3 is 11.9 Å². The quantitative estimate of drug-likeness (QED) is 0.0693. The van der Waals surface area contributed by atoms with Crippen molar-refractivity contribution in [2.24, 2.45) is 50.2 Å². The molecule has 25 atom stereocenters. The summed E-state index contributed by atoms with van der Waals surface area (Å²) in [6, 6.07) is 0. The Bertz CT molecular complexity index is 2000. The number of hydrogen-bond acceptors (Lipinski definition) is 21. The van der Waals surface area contributed by atoms with Gasteiger partial charge < -0.3 is 94.1 Å². The van der Waals surface area contributed by atoms with Gasteiger partial charge in [0.2, 0.25) is 0 Å². The highest BCUT2D eigenvalue weighted by Crippen LogP contribution is 2.76. The van der Waals surface area contributed by atoms with Gasteiger partial charge in [-0.25, -0.2) is 0 Å². The number of fused-ring (bicyclic) bond motifs is 7. The lowest BCUT2D eigenvalue weighted by Gasteiger charge is -2.72. The number of rotatable bonds is 11. The molecule has 0 aromatic carbocycles. The van der Waals surface area contributed by atoms with Gasteiger partial charge in [0.05, 0.1) is 43.5 Å². The molecule has 0 aromatic rings. The maximum atomic E-state index is 12.7. The fraction of sp³-hybridized carbons (Fsp3) is 0.922. The number of allylic oxidation sites excluding steroid dienone is 2. The normalized spacial score (nSPS) is 51.8. The third-order valence-electron chi connectivity index (χ3n) is 19.8. The molecule has 3 heterocycles. The van der Waals surface area contributed by atoms with Crippen molar-refractivity contribution in [1.29, 1.82) is 0 Å². The molecular weight excluding hydrogens is 949 g/mol. The molecule has 3 saturated heterocycles. The largest absolute Gasteiger partial charge is 0.465 e. The van der Waals surface area contributed by atoms with Gasteiger partial charge in [-0.05, 0) is 89.8 Å². The average Bonchev–Trinajstić information content (AvgIpc) is 3.30. The van der Waals surface area contributed by atoms with Crippen LogP contribution < -0.4 is 0 Å². The number of esters is 2. The van der Waals surface area contributed by atoms with E-state index in [4.69, 9.17) is 37.9 Å². The molecule has 7 fully saturated rings. The van der Waals surface area contributed by atoms with E-state index in [1.54, 1.807) is 0 Å². The van der Waals surface area contributed by atoms with Gasteiger partial charge in [0.25, 0.3) is 0 Å². The maximum absolute atomic E-state index is 12.7. The standard InChI is InChI=1S/C51H82O21/c1-22(53)67-21-51-25(16-46(3,4)41(64)42(51)68-23(2)54)24-10-11-30-48(7)14-13-32(47(5,6)29(48)12-15-49(30,8)50(24,9)17-31(51)56)71-45-40(72-44-39(63)36(60)34(58)27(18-52)69-44)37(61)35(59)28(70-45)20-66-43-38(62)33(57)26(55)19-65-43/h10,25-45,52,55-64H,11-21H2,1-9H3/t25-,26+,27-,28-,29+,30-,31-,32+,33+,34-,35-,36+,37+,38-,39-,40-,41+,42+,43+,44+,45+,48+,49-,50-,51+/m1/s1. The molecule has 0 aromatic heterocycles. The van der Waals surface area contributed by atoms with E-state index in [9.17, 15) is 65.8 Å². The molecule has 5 aliphatic carbocycles. The molecule has 0 bridgehead atoms. The first-order valence-electron chi connectivity index (χ1n) is 25.8. The minimum Gasteiger partial charge on any atom is -0.465 e. The van der Waals surface area contributed by atoms with E-state index < -0.39 is 163 Å². The van der Waals surface area contributed by atoms with E-state index in [1.807, 2.05) is 13.8 Å². The molecule has 0 unspecified atom stereocenters. The first kappa shape index (κ1) is 56.2. The SMILES string of the molecule is CC(=O)OC[C@@]12[C@H](O)C[C@]3(C)C(=CC[C@@H]4[C@@]5(C)CC[C@H](O[C@@H]6O[C@H](CO[C@@H]7OC[C@H](O)[C@H](O)[C@H]7O)[C@@H](O)[C@H](O)[C@H]6O[C@@H]6O[C@H](CO)[C@@H](O)[C@H](O)[C@H]6O)C(C)(C)[C@@H]5CC[C@]43C)[C@H]1CC(C)(C)[C@@H](O)[C@@H]2OC(C)=O. The van der Waals surface area contributed by atoms with E-state index >= 15 is 0 Å². The third kappa shape index (κ3) is 9.02. The second-order valence-electron chi connectivity index (χ2n) is 24.5. The van der Waals surface area contributed by atoms with E-state index in [-0.39, 0.29) is 42.3 Å². The van der Waals surface area contributed by atoms with Crippen LogP contribution in [0.5, 0.6) is 0 Å². The molecule has 0 spiro atoms. The highest BCUT2D eigenvalue weighted by Gasteiger charge is 2.73. The van der Waals surface area contributed by atoms with Crippen LogP contribution in [0, 0.1) is 50.2 Å². The van der Waals surface area contributed by atoms with Crippen LogP contribution in [-0.2, 0) is 47.5 Å². The molecule has 0 amide bonds. The Morgan fingerprint density at radius 3 is 2.01 bits per heavy atom. The van der Waals surface area contributed by atoms with Gasteiger partial charge in [-0.3, -0.25) is 9.59 Å². The maximum Gasteiger partial charge on any atom is 0.303 e. The summed E-state index contributed by atoms with van der Waals surface area (Å²) in [5.74, 6) is -1.44. The van der Waals surface area contributed by atoms with E-state index in [2.05, 4.69) is 40.7 Å². The minimum absolute atomic E-state index is 0.0313. The van der Waals surface area contributed by atoms with Crippen LogP contribution in [-0.4, -0.2) is 205 Å². The summed E-state index contributed by atoms with van der Waals surface area (Å²) in [6.07, 6.45) is -20.1. The molecule has 4 saturated carbocycles. The second kappa shape index (κ2) is 20.1. The minimum atomic E-state index is -1.86. The number of aliphatic hydroxyl groups excluding tert-OH is 11. The Hall–Kier alpha value is -2.00. The van der Waals surface area contributed by atoms with Gasteiger partial charge in [0.15, 0.2) is 18.9 Å². The Kier molecular flexibility index (Phi) is 15.7. The lowest BCUT2D eigenvalue weighted by molar-refractivity contribution is -0.381. The second-order valence-corrected chi connectivity index (χ2v) is 24.5. The van der Waals surface area contributed by atoms with Crippen LogP contribution >= 0.6 is 0 Å². The van der Waals surface area contributed by atoms with Gasteiger partial charge in [0.1, 0.15) is 79.9 Å². The van der Waals surface area contributed by atoms with Crippen LogP contribution in [0.2, 0.25) is 0 Å². The summed E-state index contributed by atoms with van der Waals surface area (Å²) in [6.45, 7) is 15.7. The summed E-state index contributed by atoms with van der Waals surface area (Å²) in [5, 5.41) is 121. The molecule has 8 aliphatic rings. The predicted molar refractivity (Wildman–Crippen MR) is 247 cm³/mol. The van der Waals surface area contributed by atoms with Crippen molar-refractivity contribution >= 4 is 11.9 Å². The van der Waals surface area contributed by atoms with Crippen molar-refractivity contribution < 1.29 is 104 Å². The van der Waals surface area contributed by atoms with Crippen LogP contribution in [0.4, 0.5) is 0 Å². The highest BCUT2D eigenvalue weighted by molar-refractivity contribution is 5.67. The fourth-order valence-electron chi connectivity index (χ4n) is 15.5. The lowest BCUT2D eigenvalue weighted by Crippen LogP contribution is -2.72. The zero-order chi connectivity index (χ0) is 53.0. The Labute approximate surface area is 420 Å². The molecule has 11 N–H and O–H groups in total. The monoisotopic (exact) mass is 1030 g/mol. The summed E-state index contributed by atoms with van der Waals surface area (Å²) in [7, 11) is 0. The van der Waals surface area contributed by atoms with Crippen molar-refractivity contribution in [1.82, 2.24) is 0 Å². The smallest absolute Gasteiger partial charge is 0.303 e. The van der Waals surface area contributed by atoms with E-state index in [0.29, 0.717) is 25.7 Å². The Morgan fingerprint density at radius 1 is 0.708 bits per heavy atom.